The Hall–Kier alpha value is -2.00. The summed E-state index contributed by atoms with van der Waals surface area (Å²) in [5.41, 5.74) is 6.74. The number of rotatable bonds is 1. The third-order valence-corrected chi connectivity index (χ3v) is 5.51. The highest BCUT2D eigenvalue weighted by Gasteiger charge is 2.33. The zero-order valence-corrected chi connectivity index (χ0v) is 14.3. The number of hydrogen-bond acceptors (Lipinski definition) is 3. The summed E-state index contributed by atoms with van der Waals surface area (Å²) in [7, 11) is 2.16. The smallest absolute Gasteiger partial charge is 0.164 e. The molecule has 1 aliphatic carbocycles. The van der Waals surface area contributed by atoms with Crippen molar-refractivity contribution in [2.24, 2.45) is 4.99 Å². The number of hydrogen-bond donors (Lipinski definition) is 0. The second-order valence-electron chi connectivity index (χ2n) is 6.05. The molecule has 1 atom stereocenters. The number of nitrogens with zero attached hydrogens (tertiary/aromatic N) is 2. The van der Waals surface area contributed by atoms with Gasteiger partial charge in [0.1, 0.15) is 0 Å². The second-order valence-corrected chi connectivity index (χ2v) is 6.83. The highest BCUT2D eigenvalue weighted by Crippen LogP contribution is 2.44. The maximum absolute atomic E-state index is 5.01. The first-order chi connectivity index (χ1) is 11.3. The van der Waals surface area contributed by atoms with Crippen LogP contribution in [0.3, 0.4) is 0 Å². The van der Waals surface area contributed by atoms with Gasteiger partial charge in [0, 0.05) is 12.6 Å². The van der Waals surface area contributed by atoms with Gasteiger partial charge in [-0.25, -0.2) is 4.99 Å². The van der Waals surface area contributed by atoms with E-state index in [9.17, 15) is 0 Å². The number of aliphatic imine (C=N–C) groups is 1. The summed E-state index contributed by atoms with van der Waals surface area (Å²) in [6.07, 6.45) is 4.30. The van der Waals surface area contributed by atoms with Crippen molar-refractivity contribution in [2.45, 2.75) is 18.9 Å². The lowest BCUT2D eigenvalue weighted by Gasteiger charge is -2.39. The molecule has 1 unspecified atom stereocenters. The quantitative estimate of drug-likeness (QED) is 0.753. The average Bonchev–Trinajstić information content (AvgIpc) is 2.61. The van der Waals surface area contributed by atoms with Crippen molar-refractivity contribution >= 4 is 22.6 Å². The third kappa shape index (κ3) is 2.40. The van der Waals surface area contributed by atoms with Gasteiger partial charge in [-0.05, 0) is 35.8 Å². The molecule has 0 spiro atoms. The van der Waals surface area contributed by atoms with Crippen LogP contribution < -0.4 is 0 Å². The first-order valence-electron chi connectivity index (χ1n) is 8.01. The van der Waals surface area contributed by atoms with E-state index < -0.39 is 0 Å². The maximum atomic E-state index is 5.01. The molecule has 0 saturated carbocycles. The highest BCUT2D eigenvalue weighted by atomic mass is 32.2. The molecule has 4 rings (SSSR count). The summed E-state index contributed by atoms with van der Waals surface area (Å²) >= 11 is 1.72. The van der Waals surface area contributed by atoms with Crippen molar-refractivity contribution in [3.05, 3.63) is 76.9 Å². The summed E-state index contributed by atoms with van der Waals surface area (Å²) in [4.78, 5) is 7.33. The molecule has 0 aromatic heterocycles. The van der Waals surface area contributed by atoms with Gasteiger partial charge in [0.15, 0.2) is 5.17 Å². The number of likely N-dealkylation sites (N-methyl/N-ethyl adjacent to an activating group) is 1. The SMILES string of the molecule is CSC1=NC2=C(CCc3ccccc32)C(c2ccccc2)N1C. The van der Waals surface area contributed by atoms with E-state index in [0.29, 0.717) is 6.04 Å². The predicted octanol–water partition coefficient (Wildman–Crippen LogP) is 4.75. The molecule has 0 saturated heterocycles. The Morgan fingerprint density at radius 1 is 1.00 bits per heavy atom. The number of fused-ring (bicyclic) bond motifs is 2. The van der Waals surface area contributed by atoms with E-state index in [1.54, 1.807) is 11.8 Å². The van der Waals surface area contributed by atoms with Crippen LogP contribution in [0.15, 0.2) is 65.2 Å². The molecule has 0 fully saturated rings. The molecule has 1 heterocycles. The van der Waals surface area contributed by atoms with Crippen LogP contribution in [0.5, 0.6) is 0 Å². The molecule has 23 heavy (non-hydrogen) atoms. The zero-order chi connectivity index (χ0) is 15.8. The average molecular weight is 320 g/mol. The van der Waals surface area contributed by atoms with Gasteiger partial charge in [0.25, 0.3) is 0 Å². The Morgan fingerprint density at radius 2 is 1.74 bits per heavy atom. The van der Waals surface area contributed by atoms with Crippen molar-refractivity contribution in [3.8, 4) is 0 Å². The van der Waals surface area contributed by atoms with Gasteiger partial charge < -0.3 is 4.90 Å². The van der Waals surface area contributed by atoms with Crippen LogP contribution in [0.1, 0.15) is 29.2 Å². The van der Waals surface area contributed by atoms with Crippen molar-refractivity contribution < 1.29 is 0 Å². The van der Waals surface area contributed by atoms with Crippen LogP contribution in [0.2, 0.25) is 0 Å². The van der Waals surface area contributed by atoms with Gasteiger partial charge >= 0.3 is 0 Å². The largest absolute Gasteiger partial charge is 0.343 e. The summed E-state index contributed by atoms with van der Waals surface area (Å²) in [5.74, 6) is 0. The van der Waals surface area contributed by atoms with E-state index >= 15 is 0 Å². The third-order valence-electron chi connectivity index (χ3n) is 4.76. The van der Waals surface area contributed by atoms with Crippen molar-refractivity contribution in [2.75, 3.05) is 13.3 Å². The second kappa shape index (κ2) is 5.89. The van der Waals surface area contributed by atoms with Gasteiger partial charge in [-0.3, -0.25) is 0 Å². The Bertz CT molecular complexity index is 792. The molecular formula is C20H20N2S. The van der Waals surface area contributed by atoms with Gasteiger partial charge in [-0.2, -0.15) is 0 Å². The van der Waals surface area contributed by atoms with Gasteiger partial charge in [-0.15, -0.1) is 0 Å². The van der Waals surface area contributed by atoms with E-state index in [-0.39, 0.29) is 0 Å². The van der Waals surface area contributed by atoms with E-state index in [0.717, 1.165) is 18.0 Å². The van der Waals surface area contributed by atoms with Gasteiger partial charge in [0.2, 0.25) is 0 Å². The van der Waals surface area contributed by atoms with Crippen molar-refractivity contribution in [3.63, 3.8) is 0 Å². The van der Waals surface area contributed by atoms with Crippen LogP contribution in [0.25, 0.3) is 5.70 Å². The predicted molar refractivity (Wildman–Crippen MR) is 99.6 cm³/mol. The van der Waals surface area contributed by atoms with E-state index in [1.807, 2.05) is 0 Å². The molecule has 0 bridgehead atoms. The molecule has 116 valence electrons. The lowest BCUT2D eigenvalue weighted by atomic mass is 9.83. The van der Waals surface area contributed by atoms with Crippen LogP contribution in [-0.2, 0) is 6.42 Å². The summed E-state index contributed by atoms with van der Waals surface area (Å²) < 4.78 is 0. The molecule has 2 aromatic carbocycles. The fourth-order valence-electron chi connectivity index (χ4n) is 3.70. The van der Waals surface area contributed by atoms with Crippen LogP contribution in [0.4, 0.5) is 0 Å². The maximum Gasteiger partial charge on any atom is 0.164 e. The van der Waals surface area contributed by atoms with Gasteiger partial charge in [-0.1, -0.05) is 66.4 Å². The minimum absolute atomic E-state index is 0.291. The topological polar surface area (TPSA) is 15.6 Å². The minimum atomic E-state index is 0.291. The van der Waals surface area contributed by atoms with Crippen molar-refractivity contribution in [1.82, 2.24) is 4.90 Å². The minimum Gasteiger partial charge on any atom is -0.343 e. The Morgan fingerprint density at radius 3 is 2.52 bits per heavy atom. The number of aryl methyl sites for hydroxylation is 1. The molecule has 2 aliphatic rings. The molecule has 2 nitrogen and oxygen atoms in total. The zero-order valence-electron chi connectivity index (χ0n) is 13.5. The van der Waals surface area contributed by atoms with E-state index in [4.69, 9.17) is 4.99 Å². The molecule has 0 amide bonds. The van der Waals surface area contributed by atoms with Gasteiger partial charge in [0.05, 0.1) is 11.7 Å². The lowest BCUT2D eigenvalue weighted by Crippen LogP contribution is -2.34. The Balaban J connectivity index is 1.91. The Kier molecular flexibility index (Phi) is 3.74. The number of thioether (sulfide) groups is 1. The standard InChI is InChI=1S/C20H20N2S/c1-22-19(15-9-4-3-5-10-15)17-13-12-14-8-6-7-11-16(14)18(17)21-20(22)23-2/h3-11,19H,12-13H2,1-2H3. The molecule has 2 aromatic rings. The van der Waals surface area contributed by atoms with Crippen LogP contribution in [-0.4, -0.2) is 23.4 Å². The van der Waals surface area contributed by atoms with Crippen LogP contribution >= 0.6 is 11.8 Å². The first kappa shape index (κ1) is 14.6. The number of amidine groups is 1. The molecule has 0 N–H and O–H groups in total. The van der Waals surface area contributed by atoms with E-state index in [1.165, 1.54) is 28.0 Å². The Labute approximate surface area is 141 Å². The van der Waals surface area contributed by atoms with Crippen molar-refractivity contribution in [1.29, 1.82) is 0 Å². The first-order valence-corrected chi connectivity index (χ1v) is 9.24. The summed E-state index contributed by atoms with van der Waals surface area (Å²) in [6.45, 7) is 0. The molecular weight excluding hydrogens is 300 g/mol. The van der Waals surface area contributed by atoms with E-state index in [2.05, 4.69) is 72.8 Å². The summed E-state index contributed by atoms with van der Waals surface area (Å²) in [5, 5.41) is 1.09. The normalized spacial score (nSPS) is 20.0. The summed E-state index contributed by atoms with van der Waals surface area (Å²) in [6, 6.07) is 19.8. The molecule has 1 aliphatic heterocycles. The fraction of sp³-hybridized carbons (Fsp3) is 0.250. The van der Waals surface area contributed by atoms with Crippen LogP contribution in [0, 0.1) is 0 Å². The molecule has 0 radical (unpaired) electrons. The lowest BCUT2D eigenvalue weighted by molar-refractivity contribution is 0.412. The highest BCUT2D eigenvalue weighted by molar-refractivity contribution is 8.13. The monoisotopic (exact) mass is 320 g/mol. The molecule has 3 heteroatoms. The fourth-order valence-corrected chi connectivity index (χ4v) is 4.27. The number of benzene rings is 2.